The van der Waals surface area contributed by atoms with Crippen molar-refractivity contribution in [1.82, 2.24) is 5.32 Å². The van der Waals surface area contributed by atoms with Crippen LogP contribution < -0.4 is 24.0 Å². The summed E-state index contributed by atoms with van der Waals surface area (Å²) >= 11 is 0. The van der Waals surface area contributed by atoms with Crippen molar-refractivity contribution in [3.8, 4) is 11.5 Å². The Morgan fingerprint density at radius 2 is 1.76 bits per heavy atom. The van der Waals surface area contributed by atoms with Crippen LogP contribution >= 0.6 is 0 Å². The van der Waals surface area contributed by atoms with E-state index in [-0.39, 0.29) is 16.3 Å². The molecule has 1 aliphatic heterocycles. The fourth-order valence-electron chi connectivity index (χ4n) is 4.38. The third-order valence-corrected chi connectivity index (χ3v) is 8.02. The number of sulfonamides is 1. The van der Waals surface area contributed by atoms with E-state index in [1.807, 2.05) is 12.1 Å². The first-order valence-corrected chi connectivity index (χ1v) is 13.4. The molecule has 1 aliphatic rings. The standard InChI is InChI=1S/C27H30FN3O5S/c1-35-25-13-12-21(18-26(25)36-2)37(33,34)31(24-11-6-4-9-22(24)28)19-27(32)29-15-7-16-30-17-14-20-8-3-5-10-23(20)30/h3-6,8-13,18H,7,14-17,19H2,1-2H3,(H,29,32). The predicted molar refractivity (Wildman–Crippen MR) is 140 cm³/mol. The van der Waals surface area contributed by atoms with Crippen LogP contribution in [0.5, 0.6) is 11.5 Å². The van der Waals surface area contributed by atoms with E-state index in [0.29, 0.717) is 18.7 Å². The number of carbonyl (C=O) groups is 1. The second-order valence-electron chi connectivity index (χ2n) is 8.55. The molecule has 1 amide bonds. The number of amides is 1. The molecule has 3 aromatic carbocycles. The van der Waals surface area contributed by atoms with Crippen molar-refractivity contribution in [3.05, 3.63) is 78.1 Å². The summed E-state index contributed by atoms with van der Waals surface area (Å²) in [6.45, 7) is 1.47. The summed E-state index contributed by atoms with van der Waals surface area (Å²) in [5, 5.41) is 2.78. The van der Waals surface area contributed by atoms with Gasteiger partial charge in [-0.3, -0.25) is 9.10 Å². The van der Waals surface area contributed by atoms with Gasteiger partial charge in [0.05, 0.1) is 24.8 Å². The molecule has 8 nitrogen and oxygen atoms in total. The molecule has 0 saturated heterocycles. The minimum absolute atomic E-state index is 0.158. The Labute approximate surface area is 216 Å². The SMILES string of the molecule is COc1ccc(S(=O)(=O)N(CC(=O)NCCCN2CCc3ccccc32)c2ccccc2F)cc1OC. The number of fused-ring (bicyclic) bond motifs is 1. The predicted octanol–water partition coefficient (Wildman–Crippen LogP) is 3.61. The van der Waals surface area contributed by atoms with Crippen LogP contribution in [0.1, 0.15) is 12.0 Å². The van der Waals surface area contributed by atoms with Gasteiger partial charge < -0.3 is 19.7 Å². The van der Waals surface area contributed by atoms with E-state index in [1.165, 1.54) is 61.9 Å². The Balaban J connectivity index is 1.46. The molecule has 0 spiro atoms. The van der Waals surface area contributed by atoms with E-state index in [1.54, 1.807) is 0 Å². The Bertz CT molecular complexity index is 1370. The van der Waals surface area contributed by atoms with Gasteiger partial charge in [-0.15, -0.1) is 0 Å². The number of hydrogen-bond donors (Lipinski definition) is 1. The van der Waals surface area contributed by atoms with Crippen LogP contribution in [-0.4, -0.2) is 54.7 Å². The summed E-state index contributed by atoms with van der Waals surface area (Å²) in [4.78, 5) is 15.0. The van der Waals surface area contributed by atoms with Gasteiger partial charge in [0.2, 0.25) is 5.91 Å². The average molecular weight is 528 g/mol. The maximum atomic E-state index is 14.7. The molecular weight excluding hydrogens is 497 g/mol. The molecule has 0 aromatic heterocycles. The van der Waals surface area contributed by atoms with Crippen molar-refractivity contribution in [2.45, 2.75) is 17.7 Å². The summed E-state index contributed by atoms with van der Waals surface area (Å²) in [5.74, 6) is -0.747. The highest BCUT2D eigenvalue weighted by Gasteiger charge is 2.30. The van der Waals surface area contributed by atoms with E-state index in [0.717, 1.165) is 29.9 Å². The highest BCUT2D eigenvalue weighted by Crippen LogP contribution is 2.33. The van der Waals surface area contributed by atoms with Gasteiger partial charge in [-0.05, 0) is 48.7 Å². The van der Waals surface area contributed by atoms with Crippen molar-refractivity contribution >= 4 is 27.3 Å². The molecule has 0 atom stereocenters. The molecule has 0 bridgehead atoms. The Kier molecular flexibility index (Phi) is 8.17. The van der Waals surface area contributed by atoms with Gasteiger partial charge in [0.1, 0.15) is 12.4 Å². The molecule has 1 heterocycles. The molecule has 0 aliphatic carbocycles. The molecule has 0 saturated carbocycles. The number of nitrogens with one attached hydrogen (secondary N) is 1. The smallest absolute Gasteiger partial charge is 0.265 e. The van der Waals surface area contributed by atoms with Gasteiger partial charge in [0, 0.05) is 31.4 Å². The largest absolute Gasteiger partial charge is 0.493 e. The number of benzene rings is 3. The summed E-state index contributed by atoms with van der Waals surface area (Å²) in [6.07, 6.45) is 1.68. The van der Waals surface area contributed by atoms with Gasteiger partial charge >= 0.3 is 0 Å². The van der Waals surface area contributed by atoms with Gasteiger partial charge in [0.15, 0.2) is 11.5 Å². The number of halogens is 1. The Morgan fingerprint density at radius 3 is 2.51 bits per heavy atom. The lowest BCUT2D eigenvalue weighted by atomic mass is 10.2. The van der Waals surface area contributed by atoms with Crippen molar-refractivity contribution in [1.29, 1.82) is 0 Å². The molecule has 0 fully saturated rings. The monoisotopic (exact) mass is 527 g/mol. The van der Waals surface area contributed by atoms with Gasteiger partial charge in [-0.1, -0.05) is 30.3 Å². The first-order valence-electron chi connectivity index (χ1n) is 11.9. The zero-order valence-electron chi connectivity index (χ0n) is 20.8. The highest BCUT2D eigenvalue weighted by molar-refractivity contribution is 7.92. The highest BCUT2D eigenvalue weighted by atomic mass is 32.2. The normalized spacial score (nSPS) is 12.7. The van der Waals surface area contributed by atoms with Crippen LogP contribution in [0.4, 0.5) is 15.8 Å². The maximum Gasteiger partial charge on any atom is 0.265 e. The van der Waals surface area contributed by atoms with Crippen LogP contribution in [0.3, 0.4) is 0 Å². The molecule has 196 valence electrons. The molecule has 10 heteroatoms. The molecule has 1 N–H and O–H groups in total. The molecular formula is C27H30FN3O5S. The van der Waals surface area contributed by atoms with Gasteiger partial charge in [-0.2, -0.15) is 0 Å². The minimum atomic E-state index is -4.32. The molecule has 0 radical (unpaired) electrons. The molecule has 3 aromatic rings. The number of nitrogens with zero attached hydrogens (tertiary/aromatic N) is 2. The summed E-state index contributed by atoms with van der Waals surface area (Å²) < 4.78 is 53.1. The first-order chi connectivity index (χ1) is 17.8. The number of carbonyl (C=O) groups excluding carboxylic acids is 1. The molecule has 37 heavy (non-hydrogen) atoms. The van der Waals surface area contributed by atoms with Crippen LogP contribution in [0.15, 0.2) is 71.6 Å². The number of rotatable bonds is 11. The number of hydrogen-bond acceptors (Lipinski definition) is 6. The van der Waals surface area contributed by atoms with E-state index in [4.69, 9.17) is 9.47 Å². The summed E-state index contributed by atoms with van der Waals surface area (Å²) in [6, 6.07) is 17.8. The minimum Gasteiger partial charge on any atom is -0.493 e. The second kappa shape index (κ2) is 11.5. The summed E-state index contributed by atoms with van der Waals surface area (Å²) in [7, 11) is -1.50. The third-order valence-electron chi connectivity index (χ3n) is 6.26. The van der Waals surface area contributed by atoms with Gasteiger partial charge in [0.25, 0.3) is 10.0 Å². The Morgan fingerprint density at radius 1 is 1.03 bits per heavy atom. The van der Waals surface area contributed by atoms with Crippen molar-refractivity contribution in [2.24, 2.45) is 0 Å². The molecule has 4 rings (SSSR count). The van der Waals surface area contributed by atoms with Crippen LogP contribution in [0.25, 0.3) is 0 Å². The lowest BCUT2D eigenvalue weighted by Crippen LogP contribution is -2.42. The Hall–Kier alpha value is -3.79. The fraction of sp³-hybridized carbons (Fsp3) is 0.296. The number of ether oxygens (including phenoxy) is 2. The molecule has 0 unspecified atom stereocenters. The lowest BCUT2D eigenvalue weighted by molar-refractivity contribution is -0.119. The van der Waals surface area contributed by atoms with E-state index < -0.39 is 28.3 Å². The van der Waals surface area contributed by atoms with E-state index in [2.05, 4.69) is 22.3 Å². The number of methoxy groups -OCH3 is 2. The lowest BCUT2D eigenvalue weighted by Gasteiger charge is -2.25. The van der Waals surface area contributed by atoms with Gasteiger partial charge in [-0.25, -0.2) is 12.8 Å². The quantitative estimate of drug-likeness (QED) is 0.384. The van der Waals surface area contributed by atoms with Crippen LogP contribution in [-0.2, 0) is 21.2 Å². The third kappa shape index (κ3) is 5.80. The zero-order valence-corrected chi connectivity index (χ0v) is 21.6. The topological polar surface area (TPSA) is 88.2 Å². The maximum absolute atomic E-state index is 14.7. The first kappa shape index (κ1) is 26.3. The average Bonchev–Trinajstić information content (AvgIpc) is 3.32. The van der Waals surface area contributed by atoms with E-state index in [9.17, 15) is 17.6 Å². The second-order valence-corrected chi connectivity index (χ2v) is 10.4. The fourth-order valence-corrected chi connectivity index (χ4v) is 5.83. The summed E-state index contributed by atoms with van der Waals surface area (Å²) in [5.41, 5.74) is 2.30. The van der Waals surface area contributed by atoms with Crippen LogP contribution in [0, 0.1) is 5.82 Å². The van der Waals surface area contributed by atoms with Crippen molar-refractivity contribution in [3.63, 3.8) is 0 Å². The number of para-hydroxylation sites is 2. The van der Waals surface area contributed by atoms with Crippen LogP contribution in [0.2, 0.25) is 0 Å². The van der Waals surface area contributed by atoms with Crippen molar-refractivity contribution in [2.75, 3.05) is 49.6 Å². The van der Waals surface area contributed by atoms with Crippen molar-refractivity contribution < 1.29 is 27.1 Å². The zero-order chi connectivity index (χ0) is 26.4. The number of anilines is 2. The van der Waals surface area contributed by atoms with E-state index >= 15 is 0 Å².